The van der Waals surface area contributed by atoms with Crippen LogP contribution in [0.5, 0.6) is 5.75 Å². The van der Waals surface area contributed by atoms with E-state index in [0.29, 0.717) is 11.3 Å². The molecule has 0 bridgehead atoms. The molecule has 1 atom stereocenters. The summed E-state index contributed by atoms with van der Waals surface area (Å²) in [5.74, 6) is -0.566. The van der Waals surface area contributed by atoms with Gasteiger partial charge in [0.1, 0.15) is 5.75 Å². The van der Waals surface area contributed by atoms with Gasteiger partial charge >= 0.3 is 11.9 Å². The third kappa shape index (κ3) is 10.5. The van der Waals surface area contributed by atoms with E-state index < -0.39 is 5.97 Å². The van der Waals surface area contributed by atoms with E-state index >= 15 is 0 Å². The van der Waals surface area contributed by atoms with Gasteiger partial charge in [-0.2, -0.15) is 0 Å². The topological polar surface area (TPSA) is 69.7 Å². The first-order chi connectivity index (χ1) is 12.9. The first-order valence-electron chi connectivity index (χ1n) is 9.93. The van der Waals surface area contributed by atoms with Crippen LogP contribution in [-0.2, 0) is 14.3 Å². The lowest BCUT2D eigenvalue weighted by molar-refractivity contribution is -0.151. The lowest BCUT2D eigenvalue weighted by atomic mass is 10.1. The Morgan fingerprint density at radius 1 is 0.889 bits per heavy atom. The summed E-state index contributed by atoms with van der Waals surface area (Å²) < 4.78 is 10.5. The second-order valence-corrected chi connectivity index (χ2v) is 6.91. The molecule has 1 aromatic carbocycles. The minimum atomic E-state index is -0.494. The summed E-state index contributed by atoms with van der Waals surface area (Å²) in [5.41, 5.74) is 0.553. The fourth-order valence-corrected chi connectivity index (χ4v) is 2.70. The molecule has 0 aliphatic carbocycles. The number of rotatable bonds is 13. The Kier molecular flexibility index (Phi) is 11.1. The van der Waals surface area contributed by atoms with Crippen molar-refractivity contribution in [3.8, 4) is 5.75 Å². The Morgan fingerprint density at radius 3 is 2.11 bits per heavy atom. The van der Waals surface area contributed by atoms with Crippen molar-refractivity contribution in [2.45, 2.75) is 84.7 Å². The largest absolute Gasteiger partial charge is 0.463 e. The quantitative estimate of drug-likeness (QED) is 0.203. The summed E-state index contributed by atoms with van der Waals surface area (Å²) in [7, 11) is 0. The molecule has 150 valence electrons. The summed E-state index contributed by atoms with van der Waals surface area (Å²) in [6, 6.07) is 6.33. The van der Waals surface area contributed by atoms with Gasteiger partial charge in [-0.15, -0.1) is 0 Å². The van der Waals surface area contributed by atoms with Crippen LogP contribution in [0.15, 0.2) is 24.3 Å². The van der Waals surface area contributed by atoms with Crippen LogP contribution < -0.4 is 4.74 Å². The predicted octanol–water partition coefficient (Wildman–Crippen LogP) is 5.26. The van der Waals surface area contributed by atoms with Crippen LogP contribution in [0.4, 0.5) is 0 Å². The molecule has 0 amide bonds. The molecule has 1 aromatic rings. The summed E-state index contributed by atoms with van der Waals surface area (Å²) >= 11 is 0. The molecule has 0 aromatic heterocycles. The number of hydrogen-bond acceptors (Lipinski definition) is 5. The molecule has 0 radical (unpaired) electrons. The number of esters is 2. The van der Waals surface area contributed by atoms with Crippen LogP contribution in [0.2, 0.25) is 0 Å². The van der Waals surface area contributed by atoms with E-state index in [1.165, 1.54) is 32.6 Å². The van der Waals surface area contributed by atoms with Crippen molar-refractivity contribution in [1.29, 1.82) is 0 Å². The monoisotopic (exact) mass is 376 g/mol. The van der Waals surface area contributed by atoms with Crippen molar-refractivity contribution in [3.05, 3.63) is 29.8 Å². The van der Waals surface area contributed by atoms with Gasteiger partial charge in [0.15, 0.2) is 5.78 Å². The number of ketones is 1. The van der Waals surface area contributed by atoms with E-state index in [4.69, 9.17) is 9.47 Å². The summed E-state index contributed by atoms with van der Waals surface area (Å²) in [4.78, 5) is 34.9. The number of carbonyl (C=O) groups excluding carboxylic acids is 3. The predicted molar refractivity (Wildman–Crippen MR) is 105 cm³/mol. The normalized spacial score (nSPS) is 11.7. The highest BCUT2D eigenvalue weighted by atomic mass is 16.5. The van der Waals surface area contributed by atoms with E-state index in [0.717, 1.165) is 19.3 Å². The van der Waals surface area contributed by atoms with Gasteiger partial charge in [0.25, 0.3) is 0 Å². The third-order valence-electron chi connectivity index (χ3n) is 4.32. The summed E-state index contributed by atoms with van der Waals surface area (Å²) in [5, 5.41) is 0. The van der Waals surface area contributed by atoms with Crippen molar-refractivity contribution >= 4 is 17.7 Å². The molecule has 5 nitrogen and oxygen atoms in total. The molecule has 0 N–H and O–H groups in total. The lowest BCUT2D eigenvalue weighted by Crippen LogP contribution is -2.17. The van der Waals surface area contributed by atoms with Gasteiger partial charge < -0.3 is 9.47 Å². The van der Waals surface area contributed by atoms with Crippen molar-refractivity contribution in [1.82, 2.24) is 0 Å². The maximum atomic E-state index is 11.8. The van der Waals surface area contributed by atoms with Crippen molar-refractivity contribution in [2.75, 3.05) is 0 Å². The number of carbonyl (C=O) groups is 3. The van der Waals surface area contributed by atoms with Gasteiger partial charge in [-0.3, -0.25) is 14.4 Å². The Balaban J connectivity index is 2.19. The maximum Gasteiger partial charge on any atom is 0.311 e. The van der Waals surface area contributed by atoms with Crippen LogP contribution in [-0.4, -0.2) is 23.8 Å². The molecular weight excluding hydrogens is 344 g/mol. The second kappa shape index (κ2) is 13.1. The van der Waals surface area contributed by atoms with Gasteiger partial charge in [0.2, 0.25) is 0 Å². The number of unbranched alkanes of at least 4 members (excludes halogenated alkanes) is 5. The number of benzene rings is 1. The third-order valence-corrected chi connectivity index (χ3v) is 4.32. The van der Waals surface area contributed by atoms with Crippen LogP contribution in [0.3, 0.4) is 0 Å². The van der Waals surface area contributed by atoms with Crippen molar-refractivity contribution < 1.29 is 23.9 Å². The van der Waals surface area contributed by atoms with Gasteiger partial charge in [-0.05, 0) is 51.0 Å². The van der Waals surface area contributed by atoms with Crippen LogP contribution >= 0.6 is 0 Å². The van der Waals surface area contributed by atoms with Gasteiger partial charge in [-0.1, -0.05) is 39.0 Å². The van der Waals surface area contributed by atoms with Crippen LogP contribution in [0.1, 0.15) is 88.9 Å². The van der Waals surface area contributed by atoms with E-state index in [-0.39, 0.29) is 30.7 Å². The summed E-state index contributed by atoms with van der Waals surface area (Å²) in [6.07, 6.45) is 7.93. The Morgan fingerprint density at radius 2 is 1.48 bits per heavy atom. The molecule has 0 fully saturated rings. The van der Waals surface area contributed by atoms with E-state index in [2.05, 4.69) is 6.92 Å². The Labute approximate surface area is 162 Å². The van der Waals surface area contributed by atoms with Gasteiger partial charge in [0.05, 0.1) is 18.9 Å². The zero-order chi connectivity index (χ0) is 20.1. The van der Waals surface area contributed by atoms with Crippen LogP contribution in [0.25, 0.3) is 0 Å². The number of ether oxygens (including phenoxy) is 2. The van der Waals surface area contributed by atoms with Gasteiger partial charge in [0, 0.05) is 5.56 Å². The Hall–Kier alpha value is -2.17. The average Bonchev–Trinajstić information content (AvgIpc) is 2.63. The molecule has 0 heterocycles. The molecular formula is C22H32O5. The smallest absolute Gasteiger partial charge is 0.311 e. The Bertz CT molecular complexity index is 591. The van der Waals surface area contributed by atoms with Crippen molar-refractivity contribution in [2.24, 2.45) is 0 Å². The first-order valence-corrected chi connectivity index (χ1v) is 9.93. The minimum Gasteiger partial charge on any atom is -0.463 e. The standard InChI is InChI=1S/C22H32O5/c1-4-5-6-7-8-9-10-17(2)26-21(24)15-16-22(25)27-20-13-11-19(12-14-20)18(3)23/h11-14,17H,4-10,15-16H2,1-3H3. The van der Waals surface area contributed by atoms with Gasteiger partial charge in [-0.25, -0.2) is 0 Å². The minimum absolute atomic E-state index is 0.00516. The van der Waals surface area contributed by atoms with E-state index in [1.807, 2.05) is 6.92 Å². The maximum absolute atomic E-state index is 11.8. The molecule has 0 aliphatic rings. The molecule has 0 saturated heterocycles. The average molecular weight is 376 g/mol. The zero-order valence-corrected chi connectivity index (χ0v) is 16.8. The second-order valence-electron chi connectivity index (χ2n) is 6.91. The molecule has 0 aliphatic heterocycles. The van der Waals surface area contributed by atoms with E-state index in [1.54, 1.807) is 24.3 Å². The fraction of sp³-hybridized carbons (Fsp3) is 0.591. The van der Waals surface area contributed by atoms with Crippen LogP contribution in [0, 0.1) is 0 Å². The van der Waals surface area contributed by atoms with Crippen molar-refractivity contribution in [3.63, 3.8) is 0 Å². The van der Waals surface area contributed by atoms with E-state index in [9.17, 15) is 14.4 Å². The highest BCUT2D eigenvalue weighted by molar-refractivity contribution is 5.94. The number of Topliss-reactive ketones (excluding diaryl/α,β-unsaturated/α-hetero) is 1. The fourth-order valence-electron chi connectivity index (χ4n) is 2.70. The molecule has 1 rings (SSSR count). The first kappa shape index (κ1) is 22.9. The lowest BCUT2D eigenvalue weighted by Gasteiger charge is -2.13. The molecule has 5 heteroatoms. The SMILES string of the molecule is CCCCCCCCC(C)OC(=O)CCC(=O)Oc1ccc(C(C)=O)cc1. The zero-order valence-electron chi connectivity index (χ0n) is 16.8. The highest BCUT2D eigenvalue weighted by Crippen LogP contribution is 2.14. The number of hydrogen-bond donors (Lipinski definition) is 0. The highest BCUT2D eigenvalue weighted by Gasteiger charge is 2.13. The molecule has 27 heavy (non-hydrogen) atoms. The summed E-state index contributed by atoms with van der Waals surface area (Å²) in [6.45, 7) is 5.56. The molecule has 0 saturated carbocycles. The molecule has 1 unspecified atom stereocenters. The molecule has 0 spiro atoms.